The monoisotopic (exact) mass is 346 g/mol. The highest BCUT2D eigenvalue weighted by Gasteiger charge is 2.14. The van der Waals surface area contributed by atoms with Crippen LogP contribution in [0.15, 0.2) is 52.0 Å². The molecule has 0 aliphatic heterocycles. The molecule has 0 fully saturated rings. The van der Waals surface area contributed by atoms with E-state index in [1.807, 2.05) is 0 Å². The van der Waals surface area contributed by atoms with E-state index >= 15 is 0 Å². The average Bonchev–Trinajstić information content (AvgIpc) is 2.32. The van der Waals surface area contributed by atoms with Gasteiger partial charge < -0.3 is 0 Å². The molecule has 0 spiro atoms. The summed E-state index contributed by atoms with van der Waals surface area (Å²) in [4.78, 5) is 4.04. The van der Waals surface area contributed by atoms with Crippen LogP contribution in [0.25, 0.3) is 0 Å². The molecule has 1 heterocycles. The summed E-state index contributed by atoms with van der Waals surface area (Å²) < 4.78 is 27.1. The largest absolute Gasteiger partial charge is 0.263 e. The van der Waals surface area contributed by atoms with Crippen molar-refractivity contribution < 1.29 is 8.42 Å². The van der Waals surface area contributed by atoms with Gasteiger partial charge in [-0.15, -0.1) is 0 Å². The molecule has 0 saturated heterocycles. The number of sulfonamides is 1. The molecule has 0 unspecified atom stereocenters. The Labute approximate surface area is 118 Å². The van der Waals surface area contributed by atoms with Gasteiger partial charge in [-0.1, -0.05) is 33.6 Å². The lowest BCUT2D eigenvalue weighted by molar-refractivity contribution is 0.601. The number of pyridine rings is 1. The quantitative estimate of drug-likeness (QED) is 0.927. The minimum absolute atomic E-state index is 0.161. The van der Waals surface area contributed by atoms with Gasteiger partial charge in [0.05, 0.1) is 9.92 Å². The van der Waals surface area contributed by atoms with Gasteiger partial charge in [0.1, 0.15) is 5.82 Å². The molecule has 0 saturated carbocycles. The van der Waals surface area contributed by atoms with E-state index in [1.165, 1.54) is 24.4 Å². The van der Waals surface area contributed by atoms with Crippen LogP contribution in [0.5, 0.6) is 0 Å². The van der Waals surface area contributed by atoms with Crippen LogP contribution in [0.1, 0.15) is 0 Å². The molecule has 1 aromatic carbocycles. The normalized spacial score (nSPS) is 11.2. The number of aromatic nitrogens is 1. The van der Waals surface area contributed by atoms with Gasteiger partial charge in [-0.2, -0.15) is 0 Å². The second-order valence-electron chi connectivity index (χ2n) is 3.42. The van der Waals surface area contributed by atoms with Gasteiger partial charge in [-0.3, -0.25) is 4.72 Å². The zero-order valence-electron chi connectivity index (χ0n) is 8.97. The fourth-order valence-electron chi connectivity index (χ4n) is 1.27. The second-order valence-corrected chi connectivity index (χ2v) is 6.46. The van der Waals surface area contributed by atoms with E-state index in [4.69, 9.17) is 11.6 Å². The van der Waals surface area contributed by atoms with Crippen molar-refractivity contribution in [1.82, 2.24) is 4.98 Å². The van der Waals surface area contributed by atoms with E-state index in [9.17, 15) is 8.42 Å². The third kappa shape index (κ3) is 3.22. The number of nitrogens with zero attached hydrogens (tertiary/aromatic N) is 1. The summed E-state index contributed by atoms with van der Waals surface area (Å²) in [6.45, 7) is 0. The molecule has 0 bridgehead atoms. The van der Waals surface area contributed by atoms with Crippen LogP contribution in [0.3, 0.4) is 0 Å². The summed E-state index contributed by atoms with van der Waals surface area (Å²) in [6.07, 6.45) is 1.38. The molecule has 0 amide bonds. The van der Waals surface area contributed by atoms with Crippen molar-refractivity contribution in [3.63, 3.8) is 0 Å². The maximum absolute atomic E-state index is 12.0. The number of nitrogens with one attached hydrogen (secondary N) is 1. The van der Waals surface area contributed by atoms with Crippen LogP contribution in [-0.2, 0) is 10.0 Å². The SMILES string of the molecule is O=S(=O)(Nc1ccc(Cl)cn1)c1cccc(Br)c1. The summed E-state index contributed by atoms with van der Waals surface area (Å²) >= 11 is 8.90. The summed E-state index contributed by atoms with van der Waals surface area (Å²) in [5.41, 5.74) is 0. The molecule has 0 aliphatic rings. The van der Waals surface area contributed by atoms with Crippen molar-refractivity contribution in [1.29, 1.82) is 0 Å². The molecule has 1 N–H and O–H groups in total. The average molecular weight is 348 g/mol. The molecule has 94 valence electrons. The van der Waals surface area contributed by atoms with Gasteiger partial charge in [-0.25, -0.2) is 13.4 Å². The molecule has 2 rings (SSSR count). The van der Waals surface area contributed by atoms with Crippen LogP contribution in [0, 0.1) is 0 Å². The highest BCUT2D eigenvalue weighted by Crippen LogP contribution is 2.19. The molecule has 4 nitrogen and oxygen atoms in total. The predicted molar refractivity (Wildman–Crippen MR) is 74.2 cm³/mol. The molecule has 0 radical (unpaired) electrons. The zero-order valence-corrected chi connectivity index (χ0v) is 12.1. The number of anilines is 1. The summed E-state index contributed by atoms with van der Waals surface area (Å²) in [7, 11) is -3.63. The first kappa shape index (κ1) is 13.3. The maximum atomic E-state index is 12.0. The van der Waals surface area contributed by atoms with Crippen LogP contribution in [-0.4, -0.2) is 13.4 Å². The minimum Gasteiger partial charge on any atom is -0.263 e. The minimum atomic E-state index is -3.63. The van der Waals surface area contributed by atoms with E-state index in [0.29, 0.717) is 9.50 Å². The summed E-state index contributed by atoms with van der Waals surface area (Å²) in [5, 5.41) is 0.445. The Bertz CT molecular complexity index is 659. The van der Waals surface area contributed by atoms with Crippen LogP contribution >= 0.6 is 27.5 Å². The fourth-order valence-corrected chi connectivity index (χ4v) is 2.98. The summed E-state index contributed by atoms with van der Waals surface area (Å²) in [5.74, 6) is 0.222. The number of halogens is 2. The Morgan fingerprint density at radius 1 is 1.22 bits per heavy atom. The van der Waals surface area contributed by atoms with E-state index in [0.717, 1.165) is 0 Å². The van der Waals surface area contributed by atoms with Gasteiger partial charge in [0.2, 0.25) is 0 Å². The molecular formula is C11H8BrClN2O2S. The third-order valence-corrected chi connectivity index (χ3v) is 4.14. The van der Waals surface area contributed by atoms with Crippen molar-refractivity contribution in [3.8, 4) is 0 Å². The van der Waals surface area contributed by atoms with Crippen molar-refractivity contribution in [2.45, 2.75) is 4.90 Å². The van der Waals surface area contributed by atoms with Crippen molar-refractivity contribution in [2.24, 2.45) is 0 Å². The highest BCUT2D eigenvalue weighted by molar-refractivity contribution is 9.10. The van der Waals surface area contributed by atoms with Crippen molar-refractivity contribution in [3.05, 3.63) is 52.1 Å². The Hall–Kier alpha value is -1.11. The molecular weight excluding hydrogens is 340 g/mol. The second kappa shape index (κ2) is 5.26. The van der Waals surface area contributed by atoms with E-state index < -0.39 is 10.0 Å². The maximum Gasteiger partial charge on any atom is 0.263 e. The topological polar surface area (TPSA) is 59.1 Å². The Morgan fingerprint density at radius 2 is 2.00 bits per heavy atom. The fraction of sp³-hybridized carbons (Fsp3) is 0. The molecule has 2 aromatic rings. The van der Waals surface area contributed by atoms with Crippen LogP contribution < -0.4 is 4.72 Å². The van der Waals surface area contributed by atoms with Crippen LogP contribution in [0.4, 0.5) is 5.82 Å². The lowest BCUT2D eigenvalue weighted by Gasteiger charge is -2.07. The molecule has 0 aliphatic carbocycles. The Balaban J connectivity index is 2.30. The Morgan fingerprint density at radius 3 is 2.61 bits per heavy atom. The van der Waals surface area contributed by atoms with Crippen LogP contribution in [0.2, 0.25) is 5.02 Å². The molecule has 18 heavy (non-hydrogen) atoms. The smallest absolute Gasteiger partial charge is 0.263 e. The first-order valence-electron chi connectivity index (χ1n) is 4.87. The number of hydrogen-bond donors (Lipinski definition) is 1. The van der Waals surface area contributed by atoms with E-state index in [-0.39, 0.29) is 10.7 Å². The summed E-state index contributed by atoms with van der Waals surface area (Å²) in [6, 6.07) is 9.47. The standard InChI is InChI=1S/C11H8BrClN2O2S/c12-8-2-1-3-10(6-8)18(16,17)15-11-5-4-9(13)7-14-11/h1-7H,(H,14,15). The predicted octanol–water partition coefficient (Wildman–Crippen LogP) is 3.30. The van der Waals surface area contributed by atoms with E-state index in [1.54, 1.807) is 18.2 Å². The number of benzene rings is 1. The highest BCUT2D eigenvalue weighted by atomic mass is 79.9. The number of rotatable bonds is 3. The Kier molecular flexibility index (Phi) is 3.89. The zero-order chi connectivity index (χ0) is 13.2. The third-order valence-electron chi connectivity index (χ3n) is 2.07. The van der Waals surface area contributed by atoms with Crippen molar-refractivity contribution >= 4 is 43.4 Å². The van der Waals surface area contributed by atoms with Gasteiger partial charge in [-0.05, 0) is 30.3 Å². The van der Waals surface area contributed by atoms with Gasteiger partial charge >= 0.3 is 0 Å². The van der Waals surface area contributed by atoms with Gasteiger partial charge in [0, 0.05) is 10.7 Å². The molecule has 7 heteroatoms. The lowest BCUT2D eigenvalue weighted by atomic mass is 10.4. The first-order chi connectivity index (χ1) is 8.47. The number of hydrogen-bond acceptors (Lipinski definition) is 3. The molecule has 1 aromatic heterocycles. The first-order valence-corrected chi connectivity index (χ1v) is 7.53. The molecule has 0 atom stereocenters. The lowest BCUT2D eigenvalue weighted by Crippen LogP contribution is -2.13. The van der Waals surface area contributed by atoms with Crippen molar-refractivity contribution in [2.75, 3.05) is 4.72 Å². The van der Waals surface area contributed by atoms with Gasteiger partial charge in [0.25, 0.3) is 10.0 Å². The van der Waals surface area contributed by atoms with E-state index in [2.05, 4.69) is 25.6 Å². The van der Waals surface area contributed by atoms with Gasteiger partial charge in [0.15, 0.2) is 0 Å².